The van der Waals surface area contributed by atoms with Crippen molar-refractivity contribution in [2.75, 3.05) is 0 Å². The highest BCUT2D eigenvalue weighted by Crippen LogP contribution is 2.42. The van der Waals surface area contributed by atoms with Gasteiger partial charge in [0.05, 0.1) is 0 Å². The van der Waals surface area contributed by atoms with Crippen LogP contribution >= 0.6 is 159 Å². The van der Waals surface area contributed by atoms with Gasteiger partial charge in [-0.25, -0.2) is 0 Å². The minimum atomic E-state index is 0.258. The topological polar surface area (TPSA) is 0 Å². The van der Waals surface area contributed by atoms with Gasteiger partial charge in [0.1, 0.15) is 0 Å². The van der Waals surface area contributed by atoms with Gasteiger partial charge in [0.25, 0.3) is 0 Å². The van der Waals surface area contributed by atoms with Crippen LogP contribution in [0.25, 0.3) is 0 Å². The Kier molecular flexibility index (Phi) is 13.2. The van der Waals surface area contributed by atoms with Crippen molar-refractivity contribution in [3.63, 3.8) is 0 Å². The van der Waals surface area contributed by atoms with Crippen LogP contribution in [0.4, 0.5) is 0 Å². The summed E-state index contributed by atoms with van der Waals surface area (Å²) in [5, 5.41) is 0. The van der Waals surface area contributed by atoms with Gasteiger partial charge in [0.15, 0.2) is 0 Å². The van der Waals surface area contributed by atoms with E-state index in [4.69, 9.17) is 0 Å². The Hall–Kier alpha value is 4.80. The second kappa shape index (κ2) is 11.7. The zero-order chi connectivity index (χ0) is 17.2. The number of halogens is 10. The minimum Gasteiger partial charge on any atom is -0.0878 e. The molecule has 10 heteroatoms. The molecule has 1 saturated carbocycles. The lowest BCUT2D eigenvalue weighted by Crippen LogP contribution is -2.46. The van der Waals surface area contributed by atoms with Crippen LogP contribution < -0.4 is 0 Å². The van der Waals surface area contributed by atoms with Crippen molar-refractivity contribution >= 4 is 159 Å². The molecule has 1 fully saturated rings. The molecule has 0 amide bonds. The van der Waals surface area contributed by atoms with E-state index >= 15 is 0 Å². The Labute approximate surface area is 216 Å². The van der Waals surface area contributed by atoms with Crippen LogP contribution in [0.3, 0.4) is 0 Å². The molecule has 0 radical (unpaired) electrons. The first-order chi connectivity index (χ1) is 10.1. The van der Waals surface area contributed by atoms with E-state index in [-0.39, 0.29) is 19.3 Å². The molecule has 0 bridgehead atoms. The first-order valence-electron chi connectivity index (χ1n) is 6.50. The summed E-state index contributed by atoms with van der Waals surface area (Å²) in [6, 6.07) is 0. The van der Waals surface area contributed by atoms with E-state index in [1.807, 2.05) is 0 Å². The van der Waals surface area contributed by atoms with E-state index in [9.17, 15) is 0 Å². The van der Waals surface area contributed by atoms with Crippen LogP contribution in [-0.2, 0) is 0 Å². The minimum absolute atomic E-state index is 0.258. The van der Waals surface area contributed by atoms with E-state index in [2.05, 4.69) is 159 Å². The molecule has 22 heavy (non-hydrogen) atoms. The summed E-state index contributed by atoms with van der Waals surface area (Å²) in [7, 11) is 0. The Balaban J connectivity index is 3.04. The normalized spacial score (nSPS) is 52.6. The molecule has 0 aromatic heterocycles. The van der Waals surface area contributed by atoms with Gasteiger partial charge in [-0.2, -0.15) is 0 Å². The molecular formula is C12H14Br10. The van der Waals surface area contributed by atoms with Gasteiger partial charge in [-0.15, -0.1) is 0 Å². The molecule has 0 heterocycles. The molecule has 1 aliphatic carbocycles. The highest BCUT2D eigenvalue weighted by atomic mass is 79.9. The summed E-state index contributed by atoms with van der Waals surface area (Å²) in [5.41, 5.74) is 0. The largest absolute Gasteiger partial charge is 0.0878 e. The maximum Gasteiger partial charge on any atom is 0.0418 e. The summed E-state index contributed by atoms with van der Waals surface area (Å²) in [5.74, 6) is 0. The van der Waals surface area contributed by atoms with Crippen molar-refractivity contribution in [1.29, 1.82) is 0 Å². The van der Waals surface area contributed by atoms with Crippen LogP contribution in [0.5, 0.6) is 0 Å². The predicted molar refractivity (Wildman–Crippen MR) is 136 cm³/mol. The second-order valence-corrected chi connectivity index (χ2v) is 16.0. The Bertz CT molecular complexity index is 310. The monoisotopic (exact) mass is 947 g/mol. The number of hydrogen-bond acceptors (Lipinski definition) is 0. The highest BCUT2D eigenvalue weighted by molar-refractivity contribution is 9.16. The third-order valence-electron chi connectivity index (χ3n) is 3.54. The van der Waals surface area contributed by atoms with Crippen LogP contribution in [0.15, 0.2) is 0 Å². The second-order valence-electron chi connectivity index (χ2n) is 5.16. The summed E-state index contributed by atoms with van der Waals surface area (Å²) < 4.78 is 0. The fourth-order valence-corrected chi connectivity index (χ4v) is 11.8. The van der Waals surface area contributed by atoms with Gasteiger partial charge >= 0.3 is 0 Å². The molecule has 1 rings (SSSR count). The maximum absolute atomic E-state index is 3.86. The lowest BCUT2D eigenvalue weighted by Gasteiger charge is -2.36. The van der Waals surface area contributed by atoms with Gasteiger partial charge in [-0.3, -0.25) is 0 Å². The summed E-state index contributed by atoms with van der Waals surface area (Å²) in [6.45, 7) is 0. The molecule has 0 spiro atoms. The molecule has 1 aliphatic rings. The quantitative estimate of drug-likeness (QED) is 0.214. The Morgan fingerprint density at radius 2 is 0.500 bits per heavy atom. The van der Waals surface area contributed by atoms with Crippen LogP contribution in [0.2, 0.25) is 0 Å². The highest BCUT2D eigenvalue weighted by Gasteiger charge is 2.41. The van der Waals surface area contributed by atoms with Gasteiger partial charge in [-0.05, 0) is 12.8 Å². The molecule has 0 aromatic rings. The zero-order valence-corrected chi connectivity index (χ0v) is 26.8. The van der Waals surface area contributed by atoms with Crippen molar-refractivity contribution in [2.24, 2.45) is 0 Å². The van der Waals surface area contributed by atoms with E-state index in [0.29, 0.717) is 29.0 Å². The zero-order valence-electron chi connectivity index (χ0n) is 11.0. The summed E-state index contributed by atoms with van der Waals surface area (Å²) >= 11 is 38.5. The van der Waals surface area contributed by atoms with Crippen molar-refractivity contribution in [2.45, 2.75) is 61.1 Å². The first-order valence-corrected chi connectivity index (χ1v) is 15.7. The fourth-order valence-electron chi connectivity index (χ4n) is 2.09. The molecule has 10 unspecified atom stereocenters. The average molecular weight is 957 g/mol. The lowest BCUT2D eigenvalue weighted by molar-refractivity contribution is 0.591. The first kappa shape index (κ1) is 24.8. The molecule has 0 saturated heterocycles. The number of alkyl halides is 10. The lowest BCUT2D eigenvalue weighted by atomic mass is 10.0. The number of hydrogen-bond donors (Lipinski definition) is 0. The summed E-state index contributed by atoms with van der Waals surface area (Å²) in [4.78, 5) is 3.11. The van der Waals surface area contributed by atoms with Gasteiger partial charge in [0, 0.05) is 48.3 Å². The van der Waals surface area contributed by atoms with Gasteiger partial charge < -0.3 is 0 Å². The average Bonchev–Trinajstić information content (AvgIpc) is 2.52. The maximum atomic E-state index is 3.86. The molecule has 132 valence electrons. The van der Waals surface area contributed by atoms with Gasteiger partial charge in [0.2, 0.25) is 0 Å². The van der Waals surface area contributed by atoms with Crippen LogP contribution in [0.1, 0.15) is 12.8 Å². The molecule has 0 N–H and O–H groups in total. The van der Waals surface area contributed by atoms with Gasteiger partial charge in [-0.1, -0.05) is 159 Å². The third kappa shape index (κ3) is 6.70. The summed E-state index contributed by atoms with van der Waals surface area (Å²) in [6.07, 6.45) is 2.18. The van der Waals surface area contributed by atoms with Crippen LogP contribution in [0, 0.1) is 0 Å². The number of rotatable bonds is 0. The Morgan fingerprint density at radius 1 is 0.318 bits per heavy atom. The molecule has 0 aliphatic heterocycles. The van der Waals surface area contributed by atoms with Crippen molar-refractivity contribution in [3.05, 3.63) is 0 Å². The smallest absolute Gasteiger partial charge is 0.0418 e. The molecule has 0 aromatic carbocycles. The van der Waals surface area contributed by atoms with Crippen molar-refractivity contribution in [1.82, 2.24) is 0 Å². The van der Waals surface area contributed by atoms with E-state index in [1.165, 1.54) is 0 Å². The van der Waals surface area contributed by atoms with Crippen LogP contribution in [-0.4, -0.2) is 48.3 Å². The third-order valence-corrected chi connectivity index (χ3v) is 21.2. The van der Waals surface area contributed by atoms with E-state index < -0.39 is 0 Å². The standard InChI is InChI=1S/C12H14Br10/c13-3-1-2-4(14)6(16)8(18)10(20)12(22)11(21)9(19)7(17)5(3)15/h3-12H,1-2H2. The van der Waals surface area contributed by atoms with Crippen molar-refractivity contribution in [3.8, 4) is 0 Å². The molecular weight excluding hydrogens is 943 g/mol. The predicted octanol–water partition coefficient (Wildman–Crippen LogP) is 8.42. The molecule has 0 nitrogen and oxygen atoms in total. The Morgan fingerprint density at radius 3 is 0.727 bits per heavy atom. The molecule has 10 atom stereocenters. The SMILES string of the molecule is BrC1CCC(Br)C(Br)C(Br)C(Br)C(Br)C(Br)C(Br)C(Br)C1Br. The van der Waals surface area contributed by atoms with E-state index in [0.717, 1.165) is 12.8 Å². The van der Waals surface area contributed by atoms with E-state index in [1.54, 1.807) is 0 Å². The fraction of sp³-hybridized carbons (Fsp3) is 1.00. The van der Waals surface area contributed by atoms with Crippen molar-refractivity contribution < 1.29 is 0 Å².